The first kappa shape index (κ1) is 25.8. The third-order valence-electron chi connectivity index (χ3n) is 8.13. The fourth-order valence-electron chi connectivity index (χ4n) is 5.37. The minimum atomic E-state index is -4.27. The zero-order valence-corrected chi connectivity index (χ0v) is 21.4. The van der Waals surface area contributed by atoms with Gasteiger partial charge in [0, 0.05) is 6.04 Å². The molecule has 2 aromatic heterocycles. The smallest absolute Gasteiger partial charge is 0.325 e. The Kier molecular flexibility index (Phi) is 6.78. The van der Waals surface area contributed by atoms with Gasteiger partial charge in [-0.3, -0.25) is 9.13 Å². The molecule has 1 saturated carbocycles. The highest BCUT2D eigenvalue weighted by molar-refractivity contribution is 7.51. The van der Waals surface area contributed by atoms with E-state index in [0.29, 0.717) is 17.0 Å². The van der Waals surface area contributed by atoms with Gasteiger partial charge in [0.2, 0.25) is 5.28 Å². The molecule has 2 fully saturated rings. The highest BCUT2D eigenvalue weighted by atomic mass is 35.5. The summed E-state index contributed by atoms with van der Waals surface area (Å²) in [6, 6.07) is 0.152. The second kappa shape index (κ2) is 8.96. The van der Waals surface area contributed by atoms with Gasteiger partial charge in [-0.05, 0) is 48.1 Å². The lowest BCUT2D eigenvalue weighted by molar-refractivity contribution is -0.0355. The molecule has 34 heavy (non-hydrogen) atoms. The summed E-state index contributed by atoms with van der Waals surface area (Å²) in [6.45, 7) is 9.02. The van der Waals surface area contributed by atoms with Gasteiger partial charge in [0.05, 0.1) is 18.6 Å². The van der Waals surface area contributed by atoms with Crippen LogP contribution in [0, 0.1) is 10.8 Å². The van der Waals surface area contributed by atoms with E-state index < -0.39 is 38.3 Å². The van der Waals surface area contributed by atoms with Crippen molar-refractivity contribution in [2.45, 2.75) is 84.0 Å². The highest BCUT2D eigenvalue weighted by Gasteiger charge is 2.51. The zero-order valence-electron chi connectivity index (χ0n) is 19.7. The van der Waals surface area contributed by atoms with Crippen molar-refractivity contribution in [1.82, 2.24) is 19.5 Å². The Labute approximate surface area is 203 Å². The van der Waals surface area contributed by atoms with Crippen LogP contribution in [0.3, 0.4) is 0 Å². The van der Waals surface area contributed by atoms with Gasteiger partial charge in [0.25, 0.3) is 0 Å². The van der Waals surface area contributed by atoms with E-state index in [2.05, 4.69) is 48.0 Å². The monoisotopic (exact) mass is 517 g/mol. The Bertz CT molecular complexity index is 1110. The molecule has 190 valence electrons. The van der Waals surface area contributed by atoms with Crippen molar-refractivity contribution in [3.63, 3.8) is 0 Å². The summed E-state index contributed by atoms with van der Waals surface area (Å²) in [4.78, 5) is 31.4. The van der Waals surface area contributed by atoms with Crippen molar-refractivity contribution < 1.29 is 29.3 Å². The summed E-state index contributed by atoms with van der Waals surface area (Å²) in [6.07, 6.45) is -0.776. The lowest BCUT2D eigenvalue weighted by Crippen LogP contribution is -2.41. The predicted molar refractivity (Wildman–Crippen MR) is 127 cm³/mol. The molecule has 5 unspecified atom stereocenters. The number of hydrogen-bond acceptors (Lipinski definition) is 8. The molecule has 5 N–H and O–H groups in total. The summed E-state index contributed by atoms with van der Waals surface area (Å²) in [5.41, 5.74) is 0.955. The van der Waals surface area contributed by atoms with Crippen LogP contribution in [0.2, 0.25) is 5.28 Å². The maximum Gasteiger partial charge on any atom is 0.325 e. The average molecular weight is 518 g/mol. The molecule has 0 bridgehead atoms. The SMILES string of the molecule is CC[C@@]1(C)C(Nc2nc(Cl)nc3c2ncn3C2OC(CCP(=O)(O)O)C(O)C2O)CCC1(C)C. The molecule has 0 spiro atoms. The molecular formula is C21H33ClN5O6P. The third-order valence-corrected chi connectivity index (χ3v) is 9.14. The second-order valence-corrected chi connectivity index (χ2v) is 12.4. The molecule has 11 nitrogen and oxygen atoms in total. The molecule has 2 aliphatic rings. The Hall–Kier alpha value is -1.33. The lowest BCUT2D eigenvalue weighted by Gasteiger charge is -2.42. The molecule has 0 amide bonds. The van der Waals surface area contributed by atoms with Crippen LogP contribution in [0.4, 0.5) is 5.82 Å². The van der Waals surface area contributed by atoms with Crippen molar-refractivity contribution in [1.29, 1.82) is 0 Å². The summed E-state index contributed by atoms with van der Waals surface area (Å²) in [5, 5.41) is 24.5. The molecular weight excluding hydrogens is 485 g/mol. The number of aromatic nitrogens is 4. The Morgan fingerprint density at radius 2 is 1.97 bits per heavy atom. The molecule has 2 aromatic rings. The minimum absolute atomic E-state index is 0.00158. The van der Waals surface area contributed by atoms with E-state index in [0.717, 1.165) is 19.3 Å². The van der Waals surface area contributed by atoms with Crippen LogP contribution < -0.4 is 5.32 Å². The summed E-state index contributed by atoms with van der Waals surface area (Å²) >= 11 is 6.26. The summed E-state index contributed by atoms with van der Waals surface area (Å²) in [5.74, 6) is 0.488. The Morgan fingerprint density at radius 1 is 1.26 bits per heavy atom. The van der Waals surface area contributed by atoms with Gasteiger partial charge in [0.15, 0.2) is 23.2 Å². The first-order valence-corrected chi connectivity index (χ1v) is 13.7. The van der Waals surface area contributed by atoms with E-state index in [1.165, 1.54) is 10.9 Å². The normalized spacial score (nSPS) is 33.6. The van der Waals surface area contributed by atoms with Gasteiger partial charge in [-0.25, -0.2) is 4.98 Å². The molecule has 4 rings (SSSR count). The number of rotatable bonds is 7. The van der Waals surface area contributed by atoms with Gasteiger partial charge >= 0.3 is 7.60 Å². The van der Waals surface area contributed by atoms with Gasteiger partial charge in [0.1, 0.15) is 12.2 Å². The van der Waals surface area contributed by atoms with Crippen LogP contribution in [-0.4, -0.2) is 70.0 Å². The summed E-state index contributed by atoms with van der Waals surface area (Å²) in [7, 11) is -4.27. The number of aliphatic hydroxyl groups is 2. The molecule has 0 aromatic carbocycles. The lowest BCUT2D eigenvalue weighted by atomic mass is 9.66. The van der Waals surface area contributed by atoms with Crippen molar-refractivity contribution in [2.24, 2.45) is 10.8 Å². The number of hydrogen-bond donors (Lipinski definition) is 5. The first-order chi connectivity index (χ1) is 15.8. The van der Waals surface area contributed by atoms with Crippen LogP contribution in [0.25, 0.3) is 11.2 Å². The van der Waals surface area contributed by atoms with Crippen molar-refractivity contribution >= 4 is 36.2 Å². The molecule has 13 heteroatoms. The Balaban J connectivity index is 1.63. The number of imidazole rings is 1. The van der Waals surface area contributed by atoms with Gasteiger partial charge in [-0.15, -0.1) is 0 Å². The van der Waals surface area contributed by atoms with E-state index in [4.69, 9.17) is 26.1 Å². The number of nitrogens with one attached hydrogen (secondary N) is 1. The highest BCUT2D eigenvalue weighted by Crippen LogP contribution is 2.55. The molecule has 0 radical (unpaired) electrons. The standard InChI is InChI=1S/C21H33ClN5O6P/c1-5-21(4)12(6-8-20(21,2)3)24-16-13-17(26-19(22)25-16)27(10-23-13)18-15(29)14(28)11(33-18)7-9-34(30,31)32/h10-12,14-15,18,28-29H,5-9H2,1-4H3,(H,24,25,26)(H2,30,31,32)/t11?,12?,14?,15?,18?,21-/m0/s1. The van der Waals surface area contributed by atoms with E-state index in [1.807, 2.05) is 0 Å². The van der Waals surface area contributed by atoms with Gasteiger partial charge in [-0.2, -0.15) is 9.97 Å². The molecule has 6 atom stereocenters. The maximum absolute atomic E-state index is 11.2. The zero-order chi connectivity index (χ0) is 25.1. The number of anilines is 1. The van der Waals surface area contributed by atoms with Crippen LogP contribution in [0.5, 0.6) is 0 Å². The summed E-state index contributed by atoms with van der Waals surface area (Å²) < 4.78 is 18.5. The van der Waals surface area contributed by atoms with Crippen molar-refractivity contribution in [3.8, 4) is 0 Å². The second-order valence-electron chi connectivity index (χ2n) is 10.3. The van der Waals surface area contributed by atoms with Crippen molar-refractivity contribution in [2.75, 3.05) is 11.5 Å². The van der Waals surface area contributed by atoms with E-state index >= 15 is 0 Å². The first-order valence-electron chi connectivity index (χ1n) is 11.5. The van der Waals surface area contributed by atoms with E-state index in [1.54, 1.807) is 0 Å². The minimum Gasteiger partial charge on any atom is -0.388 e. The predicted octanol–water partition coefficient (Wildman–Crippen LogP) is 2.68. The molecule has 3 heterocycles. The van der Waals surface area contributed by atoms with E-state index in [9.17, 15) is 14.8 Å². The van der Waals surface area contributed by atoms with Crippen LogP contribution in [-0.2, 0) is 9.30 Å². The molecule has 1 saturated heterocycles. The topological polar surface area (TPSA) is 163 Å². The van der Waals surface area contributed by atoms with Gasteiger partial charge in [-0.1, -0.05) is 27.7 Å². The van der Waals surface area contributed by atoms with Crippen molar-refractivity contribution in [3.05, 3.63) is 11.6 Å². The van der Waals surface area contributed by atoms with Crippen LogP contribution >= 0.6 is 19.2 Å². The number of fused-ring (bicyclic) bond motifs is 1. The number of halogens is 1. The average Bonchev–Trinajstić information content (AvgIpc) is 3.35. The third kappa shape index (κ3) is 4.48. The fraction of sp³-hybridized carbons (Fsp3) is 0.762. The van der Waals surface area contributed by atoms with Crippen LogP contribution in [0.1, 0.15) is 59.6 Å². The fourth-order valence-corrected chi connectivity index (χ4v) is 6.13. The molecule has 1 aliphatic carbocycles. The van der Waals surface area contributed by atoms with Crippen LogP contribution in [0.15, 0.2) is 6.33 Å². The number of ether oxygens (including phenoxy) is 1. The molecule has 1 aliphatic heterocycles. The quantitative estimate of drug-likeness (QED) is 0.272. The number of nitrogens with zero attached hydrogens (tertiary/aromatic N) is 4. The Morgan fingerprint density at radius 3 is 2.62 bits per heavy atom. The maximum atomic E-state index is 11.2. The largest absolute Gasteiger partial charge is 0.388 e. The van der Waals surface area contributed by atoms with E-state index in [-0.39, 0.29) is 28.6 Å². The number of aliphatic hydroxyl groups excluding tert-OH is 2. The van der Waals surface area contributed by atoms with Gasteiger partial charge < -0.3 is 30.1 Å².